The summed E-state index contributed by atoms with van der Waals surface area (Å²) in [7, 11) is 2.07. The van der Waals surface area contributed by atoms with E-state index in [9.17, 15) is 9.59 Å². The Hall–Kier alpha value is -3.12. The Kier molecular flexibility index (Phi) is 7.63. The number of nitrogens with zero attached hydrogens (tertiary/aromatic N) is 2. The second-order valence-corrected chi connectivity index (χ2v) is 7.35. The fourth-order valence-corrected chi connectivity index (χ4v) is 3.22. The Bertz CT molecular complexity index is 868. The van der Waals surface area contributed by atoms with Crippen LogP contribution in [0.15, 0.2) is 54.6 Å². The van der Waals surface area contributed by atoms with Gasteiger partial charge in [0.25, 0.3) is 5.91 Å². The van der Waals surface area contributed by atoms with Crippen molar-refractivity contribution in [3.8, 4) is 5.75 Å². The molecule has 1 heterocycles. The number of piperazine rings is 1. The Morgan fingerprint density at radius 3 is 2.30 bits per heavy atom. The van der Waals surface area contributed by atoms with Crippen LogP contribution in [-0.4, -0.2) is 61.4 Å². The second kappa shape index (κ2) is 10.6. The van der Waals surface area contributed by atoms with Crippen molar-refractivity contribution in [3.05, 3.63) is 71.3 Å². The van der Waals surface area contributed by atoms with Gasteiger partial charge in [0, 0.05) is 44.4 Å². The molecule has 0 radical (unpaired) electrons. The molecule has 2 aromatic carbocycles. The Morgan fingerprint density at radius 2 is 1.67 bits per heavy atom. The minimum Gasteiger partial charge on any atom is -0.494 e. The van der Waals surface area contributed by atoms with Crippen LogP contribution in [0, 0.1) is 0 Å². The molecule has 0 spiro atoms. The summed E-state index contributed by atoms with van der Waals surface area (Å²) >= 11 is 0. The van der Waals surface area contributed by atoms with Gasteiger partial charge in [-0.2, -0.15) is 0 Å². The van der Waals surface area contributed by atoms with Gasteiger partial charge in [0.05, 0.1) is 6.61 Å². The summed E-state index contributed by atoms with van der Waals surface area (Å²) in [6, 6.07) is 15.0. The largest absolute Gasteiger partial charge is 0.494 e. The minimum absolute atomic E-state index is 0.0666. The van der Waals surface area contributed by atoms with Crippen molar-refractivity contribution in [1.82, 2.24) is 15.1 Å². The van der Waals surface area contributed by atoms with Crippen LogP contribution >= 0.6 is 0 Å². The Balaban J connectivity index is 1.47. The highest BCUT2D eigenvalue weighted by atomic mass is 16.5. The van der Waals surface area contributed by atoms with Gasteiger partial charge < -0.3 is 19.9 Å². The van der Waals surface area contributed by atoms with Crippen LogP contribution in [0.5, 0.6) is 5.75 Å². The summed E-state index contributed by atoms with van der Waals surface area (Å²) in [4.78, 5) is 28.8. The molecule has 158 valence electrons. The first-order chi connectivity index (χ1) is 14.5. The van der Waals surface area contributed by atoms with E-state index in [-0.39, 0.29) is 11.8 Å². The van der Waals surface area contributed by atoms with Gasteiger partial charge in [0.1, 0.15) is 5.75 Å². The van der Waals surface area contributed by atoms with Crippen molar-refractivity contribution in [3.63, 3.8) is 0 Å². The molecule has 1 fully saturated rings. The third-order valence-corrected chi connectivity index (χ3v) is 5.08. The Labute approximate surface area is 178 Å². The number of nitrogens with one attached hydrogen (secondary N) is 1. The van der Waals surface area contributed by atoms with E-state index in [1.165, 1.54) is 6.08 Å². The van der Waals surface area contributed by atoms with Crippen molar-refractivity contribution in [1.29, 1.82) is 0 Å². The zero-order valence-electron chi connectivity index (χ0n) is 17.6. The van der Waals surface area contributed by atoms with Crippen LogP contribution in [0.1, 0.15) is 28.4 Å². The summed E-state index contributed by atoms with van der Waals surface area (Å²) in [5.41, 5.74) is 2.57. The number of likely N-dealkylation sites (N-methyl/N-ethyl adjacent to an activating group) is 1. The lowest BCUT2D eigenvalue weighted by Gasteiger charge is -2.32. The molecule has 0 saturated carbocycles. The maximum atomic E-state index is 12.6. The van der Waals surface area contributed by atoms with Crippen LogP contribution in [-0.2, 0) is 11.3 Å². The van der Waals surface area contributed by atoms with Gasteiger partial charge in [-0.25, -0.2) is 0 Å². The topological polar surface area (TPSA) is 61.9 Å². The summed E-state index contributed by atoms with van der Waals surface area (Å²) in [5, 5.41) is 2.87. The second-order valence-electron chi connectivity index (χ2n) is 7.35. The first-order valence-electron chi connectivity index (χ1n) is 10.3. The van der Waals surface area contributed by atoms with Gasteiger partial charge in [-0.3, -0.25) is 9.59 Å². The fourth-order valence-electron chi connectivity index (χ4n) is 3.22. The summed E-state index contributed by atoms with van der Waals surface area (Å²) < 4.78 is 5.41. The molecular weight excluding hydrogens is 378 g/mol. The number of hydrogen-bond acceptors (Lipinski definition) is 4. The standard InChI is InChI=1S/C24H29N3O3/c1-3-30-22-11-6-19(7-12-22)8-13-23(28)25-18-20-4-9-21(10-5-20)24(29)27-16-14-26(2)15-17-27/h4-13H,3,14-18H2,1-2H3,(H,25,28). The van der Waals surface area contributed by atoms with E-state index < -0.39 is 0 Å². The molecule has 0 atom stereocenters. The van der Waals surface area contributed by atoms with Crippen molar-refractivity contribution in [2.75, 3.05) is 39.8 Å². The van der Waals surface area contributed by atoms with Gasteiger partial charge in [0.15, 0.2) is 0 Å². The van der Waals surface area contributed by atoms with E-state index in [1.807, 2.05) is 60.4 Å². The summed E-state index contributed by atoms with van der Waals surface area (Å²) in [5.74, 6) is 0.715. The molecule has 2 aromatic rings. The molecule has 1 saturated heterocycles. The molecule has 6 heteroatoms. The SMILES string of the molecule is CCOc1ccc(C=CC(=O)NCc2ccc(C(=O)N3CCN(C)CC3)cc2)cc1. The lowest BCUT2D eigenvalue weighted by molar-refractivity contribution is -0.116. The number of amides is 2. The highest BCUT2D eigenvalue weighted by Crippen LogP contribution is 2.13. The van der Waals surface area contributed by atoms with E-state index in [4.69, 9.17) is 4.74 Å². The molecule has 1 N–H and O–H groups in total. The normalized spacial score (nSPS) is 14.7. The van der Waals surface area contributed by atoms with E-state index in [0.29, 0.717) is 18.7 Å². The van der Waals surface area contributed by atoms with Gasteiger partial charge in [0.2, 0.25) is 5.91 Å². The van der Waals surface area contributed by atoms with Crippen LogP contribution in [0.25, 0.3) is 6.08 Å². The smallest absolute Gasteiger partial charge is 0.253 e. The molecule has 1 aliphatic heterocycles. The van der Waals surface area contributed by atoms with Crippen molar-refractivity contribution < 1.29 is 14.3 Å². The lowest BCUT2D eigenvalue weighted by Crippen LogP contribution is -2.47. The van der Waals surface area contributed by atoms with Crippen LogP contribution in [0.4, 0.5) is 0 Å². The van der Waals surface area contributed by atoms with Crippen LogP contribution in [0.3, 0.4) is 0 Å². The molecule has 2 amide bonds. The third kappa shape index (κ3) is 6.19. The first kappa shape index (κ1) is 21.6. The van der Waals surface area contributed by atoms with Gasteiger partial charge in [-0.05, 0) is 55.4 Å². The zero-order valence-corrected chi connectivity index (χ0v) is 17.6. The molecule has 1 aliphatic rings. The highest BCUT2D eigenvalue weighted by molar-refractivity contribution is 5.94. The first-order valence-corrected chi connectivity index (χ1v) is 10.3. The summed E-state index contributed by atoms with van der Waals surface area (Å²) in [6.45, 7) is 6.30. The summed E-state index contributed by atoms with van der Waals surface area (Å²) in [6.07, 6.45) is 3.28. The minimum atomic E-state index is -0.165. The number of hydrogen-bond donors (Lipinski definition) is 1. The van der Waals surface area contributed by atoms with Crippen LogP contribution in [0.2, 0.25) is 0 Å². The van der Waals surface area contributed by atoms with E-state index in [1.54, 1.807) is 6.08 Å². The molecule has 0 aromatic heterocycles. The van der Waals surface area contributed by atoms with Crippen molar-refractivity contribution in [2.45, 2.75) is 13.5 Å². The molecular formula is C24H29N3O3. The molecule has 0 bridgehead atoms. The predicted octanol–water partition coefficient (Wildman–Crippen LogP) is 2.80. The van der Waals surface area contributed by atoms with Crippen molar-refractivity contribution in [2.24, 2.45) is 0 Å². The van der Waals surface area contributed by atoms with E-state index in [0.717, 1.165) is 43.1 Å². The number of rotatable bonds is 7. The maximum Gasteiger partial charge on any atom is 0.253 e. The number of carbonyl (C=O) groups excluding carboxylic acids is 2. The molecule has 3 rings (SSSR count). The third-order valence-electron chi connectivity index (χ3n) is 5.08. The quantitative estimate of drug-likeness (QED) is 0.717. The van der Waals surface area contributed by atoms with Crippen molar-refractivity contribution >= 4 is 17.9 Å². The molecule has 0 unspecified atom stereocenters. The Morgan fingerprint density at radius 1 is 1.00 bits per heavy atom. The number of ether oxygens (including phenoxy) is 1. The maximum absolute atomic E-state index is 12.6. The number of benzene rings is 2. The zero-order chi connectivity index (χ0) is 21.3. The molecule has 0 aliphatic carbocycles. The van der Waals surface area contributed by atoms with Gasteiger partial charge in [-0.1, -0.05) is 24.3 Å². The van der Waals surface area contributed by atoms with E-state index in [2.05, 4.69) is 17.3 Å². The molecule has 6 nitrogen and oxygen atoms in total. The predicted molar refractivity (Wildman–Crippen MR) is 118 cm³/mol. The van der Waals surface area contributed by atoms with Gasteiger partial charge in [-0.15, -0.1) is 0 Å². The average molecular weight is 408 g/mol. The number of carbonyl (C=O) groups is 2. The fraction of sp³-hybridized carbons (Fsp3) is 0.333. The van der Waals surface area contributed by atoms with E-state index >= 15 is 0 Å². The highest BCUT2D eigenvalue weighted by Gasteiger charge is 2.20. The monoisotopic (exact) mass is 407 g/mol. The average Bonchev–Trinajstić information content (AvgIpc) is 2.78. The molecule has 30 heavy (non-hydrogen) atoms. The van der Waals surface area contributed by atoms with Gasteiger partial charge >= 0.3 is 0 Å². The van der Waals surface area contributed by atoms with Crippen LogP contribution < -0.4 is 10.1 Å². The lowest BCUT2D eigenvalue weighted by atomic mass is 10.1.